The number of nitrogens with zero attached hydrogens (tertiary/aromatic N) is 2. The Bertz CT molecular complexity index is 527. The molecule has 0 saturated carbocycles. The van der Waals surface area contributed by atoms with Crippen LogP contribution in [0.25, 0.3) is 0 Å². The molecule has 0 aliphatic carbocycles. The van der Waals surface area contributed by atoms with Crippen LogP contribution < -0.4 is 5.32 Å². The first kappa shape index (κ1) is 21.2. The molecule has 0 bridgehead atoms. The second-order valence-electron chi connectivity index (χ2n) is 5.77. The predicted molar refractivity (Wildman–Crippen MR) is 94.4 cm³/mol. The third-order valence-corrected chi connectivity index (χ3v) is 6.27. The number of sulfonamides is 1. The van der Waals surface area contributed by atoms with Crippen LogP contribution in [0.15, 0.2) is 0 Å². The minimum Gasteiger partial charge on any atom is -0.469 e. The molecule has 1 N–H and O–H groups in total. The number of rotatable bonds is 9. The van der Waals surface area contributed by atoms with E-state index in [1.54, 1.807) is 11.8 Å². The van der Waals surface area contributed by atoms with Crippen LogP contribution in [0.4, 0.5) is 0 Å². The van der Waals surface area contributed by atoms with Crippen molar-refractivity contribution in [2.75, 3.05) is 58.1 Å². The van der Waals surface area contributed by atoms with Gasteiger partial charge in [-0.3, -0.25) is 14.5 Å². The first-order chi connectivity index (χ1) is 11.2. The summed E-state index contributed by atoms with van der Waals surface area (Å²) in [5.41, 5.74) is 0. The number of hydrogen-bond acceptors (Lipinski definition) is 7. The van der Waals surface area contributed by atoms with Crippen molar-refractivity contribution in [3.8, 4) is 0 Å². The van der Waals surface area contributed by atoms with Gasteiger partial charge in [0.05, 0.1) is 26.3 Å². The summed E-state index contributed by atoms with van der Waals surface area (Å²) in [5, 5.41) is 2.80. The van der Waals surface area contributed by atoms with Crippen molar-refractivity contribution in [3.05, 3.63) is 0 Å². The summed E-state index contributed by atoms with van der Waals surface area (Å²) in [4.78, 5) is 25.5. The molecule has 1 rings (SSSR count). The monoisotopic (exact) mass is 381 g/mol. The number of esters is 1. The zero-order valence-electron chi connectivity index (χ0n) is 14.5. The molecular formula is C14H27N3O5S2. The normalized spacial score (nSPS) is 19.2. The molecule has 8 nitrogen and oxygen atoms in total. The van der Waals surface area contributed by atoms with E-state index in [2.05, 4.69) is 5.32 Å². The quantitative estimate of drug-likeness (QED) is 0.419. The van der Waals surface area contributed by atoms with E-state index >= 15 is 0 Å². The van der Waals surface area contributed by atoms with E-state index in [9.17, 15) is 18.0 Å². The van der Waals surface area contributed by atoms with Gasteiger partial charge >= 0.3 is 5.97 Å². The van der Waals surface area contributed by atoms with Crippen LogP contribution in [0.5, 0.6) is 0 Å². The Morgan fingerprint density at radius 2 is 2.12 bits per heavy atom. The van der Waals surface area contributed by atoms with Gasteiger partial charge in [-0.25, -0.2) is 12.7 Å². The van der Waals surface area contributed by atoms with E-state index in [-0.39, 0.29) is 30.9 Å². The fraction of sp³-hybridized carbons (Fsp3) is 0.857. The number of thioether (sulfide) groups is 1. The Balaban J connectivity index is 2.33. The number of amides is 1. The van der Waals surface area contributed by atoms with E-state index in [0.29, 0.717) is 19.5 Å². The lowest BCUT2D eigenvalue weighted by Gasteiger charge is -2.34. The van der Waals surface area contributed by atoms with Gasteiger partial charge < -0.3 is 10.1 Å². The molecule has 140 valence electrons. The van der Waals surface area contributed by atoms with E-state index in [1.165, 1.54) is 18.5 Å². The van der Waals surface area contributed by atoms with Crippen molar-refractivity contribution in [2.24, 2.45) is 0 Å². The molecule has 1 aliphatic rings. The van der Waals surface area contributed by atoms with Crippen molar-refractivity contribution in [3.63, 3.8) is 0 Å². The molecule has 1 atom stereocenters. The number of hydrogen-bond donors (Lipinski definition) is 1. The maximum atomic E-state index is 12.0. The molecule has 1 aliphatic heterocycles. The van der Waals surface area contributed by atoms with Crippen LogP contribution in [0, 0.1) is 0 Å². The Labute approximate surface area is 148 Å². The fourth-order valence-corrected chi connectivity index (χ4v) is 3.89. The smallest absolute Gasteiger partial charge is 0.307 e. The van der Waals surface area contributed by atoms with Gasteiger partial charge in [-0.05, 0) is 6.42 Å². The summed E-state index contributed by atoms with van der Waals surface area (Å²) >= 11 is 1.77. The zero-order chi connectivity index (χ0) is 18.2. The summed E-state index contributed by atoms with van der Waals surface area (Å²) in [6.07, 6.45) is 1.99. The molecule has 0 radical (unpaired) electrons. The Hall–Kier alpha value is -0.840. The van der Waals surface area contributed by atoms with E-state index in [0.717, 1.165) is 24.3 Å². The van der Waals surface area contributed by atoms with Crippen LogP contribution in [-0.4, -0.2) is 93.6 Å². The topological polar surface area (TPSA) is 96.0 Å². The number of carbonyl (C=O) groups excluding carboxylic acids is 2. The van der Waals surface area contributed by atoms with Crippen molar-refractivity contribution in [2.45, 2.75) is 18.9 Å². The lowest BCUT2D eigenvalue weighted by atomic mass is 10.2. The molecule has 24 heavy (non-hydrogen) atoms. The first-order valence-electron chi connectivity index (χ1n) is 7.80. The second-order valence-corrected chi connectivity index (χ2v) is 9.01. The van der Waals surface area contributed by atoms with Gasteiger partial charge in [0, 0.05) is 44.2 Å². The van der Waals surface area contributed by atoms with Crippen LogP contribution >= 0.6 is 11.8 Å². The summed E-state index contributed by atoms with van der Waals surface area (Å²) < 4.78 is 28.5. The number of nitrogens with one attached hydrogen (secondary N) is 1. The molecule has 1 fully saturated rings. The molecule has 0 aromatic heterocycles. The number of ether oxygens (including phenoxy) is 1. The van der Waals surface area contributed by atoms with Gasteiger partial charge in [-0.1, -0.05) is 0 Å². The van der Waals surface area contributed by atoms with Gasteiger partial charge in [-0.2, -0.15) is 11.8 Å². The first-order valence-corrected chi connectivity index (χ1v) is 10.8. The maximum Gasteiger partial charge on any atom is 0.307 e. The predicted octanol–water partition coefficient (Wildman–Crippen LogP) is -0.635. The van der Waals surface area contributed by atoms with Gasteiger partial charge in [0.1, 0.15) is 0 Å². The van der Waals surface area contributed by atoms with E-state index < -0.39 is 10.0 Å². The minimum absolute atomic E-state index is 0.0123. The summed E-state index contributed by atoms with van der Waals surface area (Å²) in [6, 6.07) is 0.0123. The largest absolute Gasteiger partial charge is 0.469 e. The Morgan fingerprint density at radius 3 is 2.75 bits per heavy atom. The summed E-state index contributed by atoms with van der Waals surface area (Å²) in [5.74, 6) is 1.36. The number of methoxy groups -OCH3 is 1. The SMILES string of the molecule is COC(=O)CC1CSCCN1CC(=O)NCCCN(C)S(C)(=O)=O. The van der Waals surface area contributed by atoms with Crippen molar-refractivity contribution in [1.82, 2.24) is 14.5 Å². The van der Waals surface area contributed by atoms with E-state index in [1.807, 2.05) is 4.90 Å². The average molecular weight is 382 g/mol. The van der Waals surface area contributed by atoms with Crippen LogP contribution in [0.1, 0.15) is 12.8 Å². The number of carbonyl (C=O) groups is 2. The van der Waals surface area contributed by atoms with Gasteiger partial charge in [-0.15, -0.1) is 0 Å². The molecule has 0 aromatic carbocycles. The standard InChI is InChI=1S/C14H27N3O5S2/c1-16(24(3,20)21)6-4-5-15-13(18)10-17-7-8-23-11-12(17)9-14(19)22-2/h12H,4-11H2,1-3H3,(H,15,18). The highest BCUT2D eigenvalue weighted by Crippen LogP contribution is 2.18. The molecule has 1 saturated heterocycles. The summed E-state index contributed by atoms with van der Waals surface area (Å²) in [6.45, 7) is 1.79. The van der Waals surface area contributed by atoms with Crippen molar-refractivity contribution < 1.29 is 22.7 Å². The third-order valence-electron chi connectivity index (χ3n) is 3.86. The van der Waals surface area contributed by atoms with Gasteiger partial charge in [0.25, 0.3) is 0 Å². The highest BCUT2D eigenvalue weighted by Gasteiger charge is 2.26. The van der Waals surface area contributed by atoms with Crippen LogP contribution in [-0.2, 0) is 24.3 Å². The van der Waals surface area contributed by atoms with Crippen LogP contribution in [0.2, 0.25) is 0 Å². The molecule has 0 spiro atoms. The van der Waals surface area contributed by atoms with Gasteiger partial charge in [0.15, 0.2) is 0 Å². The van der Waals surface area contributed by atoms with Gasteiger partial charge in [0.2, 0.25) is 15.9 Å². The fourth-order valence-electron chi connectivity index (χ4n) is 2.30. The molecule has 1 unspecified atom stereocenters. The molecule has 10 heteroatoms. The average Bonchev–Trinajstić information content (AvgIpc) is 2.52. The molecular weight excluding hydrogens is 354 g/mol. The Kier molecular flexibility index (Phi) is 9.03. The third kappa shape index (κ3) is 7.82. The minimum atomic E-state index is -3.18. The molecule has 1 amide bonds. The highest BCUT2D eigenvalue weighted by molar-refractivity contribution is 7.99. The van der Waals surface area contributed by atoms with Crippen LogP contribution in [0.3, 0.4) is 0 Å². The lowest BCUT2D eigenvalue weighted by Crippen LogP contribution is -2.48. The second kappa shape index (κ2) is 10.2. The molecule has 1 heterocycles. The van der Waals surface area contributed by atoms with E-state index in [4.69, 9.17) is 4.74 Å². The lowest BCUT2D eigenvalue weighted by molar-refractivity contribution is -0.142. The highest BCUT2D eigenvalue weighted by atomic mass is 32.2. The zero-order valence-corrected chi connectivity index (χ0v) is 16.1. The molecule has 0 aromatic rings. The Morgan fingerprint density at radius 1 is 1.42 bits per heavy atom. The maximum absolute atomic E-state index is 12.0. The summed E-state index contributed by atoms with van der Waals surface area (Å²) in [7, 11) is -0.304. The van der Waals surface area contributed by atoms with Crippen molar-refractivity contribution >= 4 is 33.7 Å². The van der Waals surface area contributed by atoms with Crippen molar-refractivity contribution in [1.29, 1.82) is 0 Å².